The van der Waals surface area contributed by atoms with Crippen molar-refractivity contribution >= 4 is 23.4 Å². The summed E-state index contributed by atoms with van der Waals surface area (Å²) in [6.45, 7) is 2.09. The smallest absolute Gasteiger partial charge is 0.455 e. The van der Waals surface area contributed by atoms with Gasteiger partial charge in [-0.1, -0.05) is 6.92 Å². The van der Waals surface area contributed by atoms with Crippen LogP contribution in [0.3, 0.4) is 0 Å². The first kappa shape index (κ1) is 27.0. The van der Waals surface area contributed by atoms with Gasteiger partial charge in [0, 0.05) is 35.5 Å². The molecule has 0 aliphatic carbocycles. The van der Waals surface area contributed by atoms with Gasteiger partial charge in [0.2, 0.25) is 17.4 Å². The second-order valence-electron chi connectivity index (χ2n) is 8.55. The Labute approximate surface area is 213 Å². The van der Waals surface area contributed by atoms with Crippen molar-refractivity contribution in [3.05, 3.63) is 53.4 Å². The van der Waals surface area contributed by atoms with Crippen LogP contribution >= 0.6 is 0 Å². The highest BCUT2D eigenvalue weighted by Crippen LogP contribution is 2.44. The molecule has 1 aromatic carbocycles. The van der Waals surface area contributed by atoms with Gasteiger partial charge in [0.15, 0.2) is 0 Å². The molecular formula is C24H23F5N6O3. The van der Waals surface area contributed by atoms with Crippen LogP contribution in [0, 0.1) is 11.6 Å². The number of alkyl halides is 3. The number of fused-ring (bicyclic) bond motifs is 1. The highest BCUT2D eigenvalue weighted by Gasteiger charge is 2.48. The molecule has 14 heteroatoms. The first-order valence-electron chi connectivity index (χ1n) is 11.4. The van der Waals surface area contributed by atoms with Crippen LogP contribution < -0.4 is 21.1 Å². The van der Waals surface area contributed by atoms with Crippen molar-refractivity contribution in [1.82, 2.24) is 15.0 Å². The zero-order valence-corrected chi connectivity index (χ0v) is 20.3. The fourth-order valence-electron chi connectivity index (χ4n) is 4.25. The van der Waals surface area contributed by atoms with E-state index in [2.05, 4.69) is 19.7 Å². The molecule has 2 aromatic heterocycles. The van der Waals surface area contributed by atoms with E-state index < -0.39 is 36.1 Å². The topological polar surface area (TPSA) is 129 Å². The van der Waals surface area contributed by atoms with E-state index in [4.69, 9.17) is 16.2 Å². The minimum Gasteiger partial charge on any atom is -0.455 e. The quantitative estimate of drug-likeness (QED) is 0.340. The number of nitrogen functional groups attached to an aromatic ring is 2. The van der Waals surface area contributed by atoms with Gasteiger partial charge in [-0.15, -0.1) is 13.2 Å². The number of halogens is 5. The number of rotatable bonds is 7. The van der Waals surface area contributed by atoms with Gasteiger partial charge in [-0.3, -0.25) is 9.53 Å². The van der Waals surface area contributed by atoms with E-state index >= 15 is 0 Å². The molecule has 3 aromatic rings. The number of amides is 1. The van der Waals surface area contributed by atoms with E-state index in [1.807, 2.05) is 6.92 Å². The number of aryl methyl sites for hydroxylation is 1. The van der Waals surface area contributed by atoms with Crippen LogP contribution in [0.2, 0.25) is 0 Å². The number of nitrogens with two attached hydrogens (primary N) is 2. The Morgan fingerprint density at radius 2 is 1.89 bits per heavy atom. The van der Waals surface area contributed by atoms with Crippen molar-refractivity contribution in [2.75, 3.05) is 29.5 Å². The molecule has 3 heterocycles. The number of ether oxygens (including phenoxy) is 2. The molecule has 0 radical (unpaired) electrons. The van der Waals surface area contributed by atoms with Crippen LogP contribution in [-0.2, 0) is 21.6 Å². The Bertz CT molecular complexity index is 1390. The highest BCUT2D eigenvalue weighted by molar-refractivity contribution is 6.03. The number of nitrogens with zero attached hydrogens (tertiary/aromatic N) is 4. The first-order valence-corrected chi connectivity index (χ1v) is 11.4. The van der Waals surface area contributed by atoms with Crippen molar-refractivity contribution in [1.29, 1.82) is 0 Å². The largest absolute Gasteiger partial charge is 0.522 e. The molecule has 1 aliphatic heterocycles. The van der Waals surface area contributed by atoms with Crippen LogP contribution in [0.25, 0.3) is 11.1 Å². The van der Waals surface area contributed by atoms with Crippen molar-refractivity contribution in [2.24, 2.45) is 0 Å². The zero-order chi connectivity index (χ0) is 27.8. The number of hydrogen-bond acceptors (Lipinski definition) is 8. The summed E-state index contributed by atoms with van der Waals surface area (Å²) in [4.78, 5) is 27.3. The Balaban J connectivity index is 1.80. The summed E-state index contributed by atoms with van der Waals surface area (Å²) < 4.78 is 75.5. The predicted molar refractivity (Wildman–Crippen MR) is 127 cm³/mol. The normalized spacial score (nSPS) is 17.3. The Morgan fingerprint density at radius 1 is 1.16 bits per heavy atom. The molecule has 38 heavy (non-hydrogen) atoms. The Kier molecular flexibility index (Phi) is 7.10. The molecule has 202 valence electrons. The molecule has 9 nitrogen and oxygen atoms in total. The molecule has 0 bridgehead atoms. The van der Waals surface area contributed by atoms with Crippen molar-refractivity contribution in [3.8, 4) is 17.0 Å². The molecule has 0 saturated heterocycles. The maximum atomic E-state index is 14.7. The first-order chi connectivity index (χ1) is 17.8. The van der Waals surface area contributed by atoms with Crippen LogP contribution in [0.4, 0.5) is 39.4 Å². The van der Waals surface area contributed by atoms with Gasteiger partial charge in [-0.2, -0.15) is 4.98 Å². The second kappa shape index (κ2) is 10.0. The SMILES string of the molecule is CCc1nc(N)nc(N)c1-c1cnc2c(c1)N(CCCOC(F)(F)F)C(=O)C(C)(c1ccc(F)cc1F)O2. The average Bonchev–Trinajstić information content (AvgIpc) is 2.82. The standard InChI is InChI=1S/C24H23F5N6O3/c1-3-16-18(19(30)34-22(31)33-16)12-9-17-20(32-11-12)38-23(2,14-6-5-13(25)10-15(14)26)21(36)35(17)7-4-8-37-24(27,28)29/h5-6,9-11H,3-4,7-8H2,1-2H3,(H4,30,31,33,34). The van der Waals surface area contributed by atoms with Gasteiger partial charge in [0.05, 0.1) is 12.3 Å². The summed E-state index contributed by atoms with van der Waals surface area (Å²) in [6, 6.07) is 4.12. The van der Waals surface area contributed by atoms with Crippen LogP contribution in [0.5, 0.6) is 5.88 Å². The van der Waals surface area contributed by atoms with Gasteiger partial charge >= 0.3 is 6.36 Å². The Hall–Kier alpha value is -4.07. The highest BCUT2D eigenvalue weighted by atomic mass is 19.4. The maximum Gasteiger partial charge on any atom is 0.522 e. The molecule has 0 spiro atoms. The number of hydrogen-bond donors (Lipinski definition) is 2. The van der Waals surface area contributed by atoms with Crippen molar-refractivity contribution in [2.45, 2.75) is 38.7 Å². The molecule has 1 amide bonds. The molecular weight excluding hydrogens is 515 g/mol. The fourth-order valence-corrected chi connectivity index (χ4v) is 4.25. The van der Waals surface area contributed by atoms with Gasteiger partial charge in [-0.05, 0) is 38.0 Å². The van der Waals surface area contributed by atoms with Crippen LogP contribution in [0.15, 0.2) is 30.5 Å². The van der Waals surface area contributed by atoms with Gasteiger partial charge < -0.3 is 21.1 Å². The molecule has 4 N–H and O–H groups in total. The third-order valence-corrected chi connectivity index (χ3v) is 5.97. The van der Waals surface area contributed by atoms with E-state index in [-0.39, 0.29) is 41.9 Å². The average molecular weight is 538 g/mol. The van der Waals surface area contributed by atoms with E-state index in [0.29, 0.717) is 29.3 Å². The van der Waals surface area contributed by atoms with E-state index in [1.165, 1.54) is 19.2 Å². The summed E-state index contributed by atoms with van der Waals surface area (Å²) in [5.41, 5.74) is 10.9. The number of carbonyl (C=O) groups is 1. The van der Waals surface area contributed by atoms with Crippen LogP contribution in [0.1, 0.15) is 31.5 Å². The molecule has 1 unspecified atom stereocenters. The lowest BCUT2D eigenvalue weighted by molar-refractivity contribution is -0.324. The number of pyridine rings is 1. The summed E-state index contributed by atoms with van der Waals surface area (Å²) >= 11 is 0. The molecule has 0 saturated carbocycles. The predicted octanol–water partition coefficient (Wildman–Crippen LogP) is 4.11. The lowest BCUT2D eigenvalue weighted by Crippen LogP contribution is -2.53. The maximum absolute atomic E-state index is 14.7. The fraction of sp³-hybridized carbons (Fsp3) is 0.333. The van der Waals surface area contributed by atoms with Gasteiger partial charge in [0.25, 0.3) is 5.91 Å². The van der Waals surface area contributed by atoms with Gasteiger partial charge in [0.1, 0.15) is 23.1 Å². The lowest BCUT2D eigenvalue weighted by atomic mass is 9.91. The van der Waals surface area contributed by atoms with E-state index in [9.17, 15) is 26.7 Å². The molecule has 1 aliphatic rings. The lowest BCUT2D eigenvalue weighted by Gasteiger charge is -2.40. The van der Waals surface area contributed by atoms with E-state index in [0.717, 1.165) is 17.0 Å². The minimum atomic E-state index is -4.85. The second-order valence-corrected chi connectivity index (χ2v) is 8.55. The third kappa shape index (κ3) is 5.16. The molecule has 4 rings (SSSR count). The summed E-state index contributed by atoms with van der Waals surface area (Å²) in [5.74, 6) is -2.79. The van der Waals surface area contributed by atoms with E-state index in [1.54, 1.807) is 0 Å². The van der Waals surface area contributed by atoms with Gasteiger partial charge in [-0.25, -0.2) is 18.7 Å². The number of aromatic nitrogens is 3. The number of anilines is 3. The van der Waals surface area contributed by atoms with Crippen molar-refractivity contribution < 1.29 is 36.2 Å². The summed E-state index contributed by atoms with van der Waals surface area (Å²) in [6.07, 6.45) is -3.27. The molecule has 1 atom stereocenters. The van der Waals surface area contributed by atoms with Crippen molar-refractivity contribution in [3.63, 3.8) is 0 Å². The minimum absolute atomic E-state index is 0.0316. The number of benzene rings is 1. The monoisotopic (exact) mass is 538 g/mol. The summed E-state index contributed by atoms with van der Waals surface area (Å²) in [7, 11) is 0. The molecule has 0 fully saturated rings. The third-order valence-electron chi connectivity index (χ3n) is 5.97. The summed E-state index contributed by atoms with van der Waals surface area (Å²) in [5, 5.41) is 0. The van der Waals surface area contributed by atoms with Crippen LogP contribution in [-0.4, -0.2) is 40.4 Å². The zero-order valence-electron chi connectivity index (χ0n) is 20.3. The number of carbonyl (C=O) groups excluding carboxylic acids is 1. The Morgan fingerprint density at radius 3 is 2.55 bits per heavy atom.